The Morgan fingerprint density at radius 2 is 1.27 bits per heavy atom. The Labute approximate surface area is 271 Å². The number of unbranched alkanes of at least 4 members (excludes halogenated alkanes) is 6. The van der Waals surface area contributed by atoms with Crippen molar-refractivity contribution >= 4 is 75.9 Å². The Balaban J connectivity index is 4.92. The summed E-state index contributed by atoms with van der Waals surface area (Å²) in [6.07, 6.45) is 6.34. The largest absolute Gasteiger partial charge is 0.381 e. The van der Waals surface area contributed by atoms with E-state index in [0.29, 0.717) is 32.6 Å². The Morgan fingerprint density at radius 1 is 0.756 bits per heavy atom. The monoisotopic (exact) mass is 812 g/mol. The van der Waals surface area contributed by atoms with Crippen LogP contribution in [0.3, 0.4) is 0 Å². The fraction of sp³-hybridized carbons (Fsp3) is 0.808. The molecule has 0 aliphatic carbocycles. The molecule has 0 aromatic carbocycles. The number of hydrogen-bond acceptors (Lipinski definition) is 9. The predicted molar refractivity (Wildman–Crippen MR) is 169 cm³/mol. The number of methoxy groups -OCH3 is 1. The topological polar surface area (TPSA) is 181 Å². The van der Waals surface area contributed by atoms with Crippen molar-refractivity contribution in [1.29, 1.82) is 0 Å². The van der Waals surface area contributed by atoms with Crippen molar-refractivity contribution in [1.82, 2.24) is 21.3 Å². The van der Waals surface area contributed by atoms with Crippen LogP contribution in [0.5, 0.6) is 0 Å². The molecule has 13 nitrogen and oxygen atoms in total. The minimum Gasteiger partial charge on any atom is -0.381 e. The van der Waals surface area contributed by atoms with E-state index in [1.165, 1.54) is 7.11 Å². The predicted octanol–water partition coefficient (Wildman–Crippen LogP) is 1.81. The Bertz CT molecular complexity index is 750. The van der Waals surface area contributed by atoms with Gasteiger partial charge in [0, 0.05) is 33.0 Å². The van der Waals surface area contributed by atoms with Gasteiger partial charge in [0.1, 0.15) is 64.4 Å². The summed E-state index contributed by atoms with van der Waals surface area (Å²) in [5.41, 5.74) is 0. The van der Waals surface area contributed by atoms with E-state index >= 15 is 0 Å². The van der Waals surface area contributed by atoms with Gasteiger partial charge in [-0.2, -0.15) is 0 Å². The number of halogens is 2. The van der Waals surface area contributed by atoms with Crippen LogP contribution in [0, 0.1) is 0 Å². The van der Waals surface area contributed by atoms with E-state index in [4.69, 9.17) is 10.9 Å². The summed E-state index contributed by atoms with van der Waals surface area (Å²) in [7, 11) is 1.33. The molecule has 0 saturated heterocycles. The summed E-state index contributed by atoms with van der Waals surface area (Å²) in [5, 5.41) is 20.6. The maximum atomic E-state index is 12.8. The molecule has 0 rings (SSSR count). The molecular weight excluding hydrogens is 766 g/mol. The van der Waals surface area contributed by atoms with Gasteiger partial charge in [-0.25, -0.2) is 0 Å². The quantitative estimate of drug-likeness (QED) is 0.0470. The first-order valence-corrected chi connectivity index (χ1v) is 15.8. The molecule has 0 heterocycles. The van der Waals surface area contributed by atoms with E-state index in [0.717, 1.165) is 51.4 Å². The van der Waals surface area contributed by atoms with Crippen LogP contribution < -0.4 is 21.3 Å². The van der Waals surface area contributed by atoms with Crippen molar-refractivity contribution in [3.8, 4) is 0 Å². The molecule has 15 heteroatoms. The molecule has 4 amide bonds. The number of carbonyl (C=O) groups excluding carboxylic acids is 5. The molecule has 0 aromatic heterocycles. The van der Waals surface area contributed by atoms with Crippen molar-refractivity contribution in [2.75, 3.05) is 40.0 Å². The van der Waals surface area contributed by atoms with Gasteiger partial charge in [-0.15, -0.1) is 0 Å². The van der Waals surface area contributed by atoms with E-state index < -0.39 is 35.9 Å². The second kappa shape index (κ2) is 27.7. The molecule has 0 aliphatic rings. The lowest BCUT2D eigenvalue weighted by Crippen LogP contribution is -2.51. The van der Waals surface area contributed by atoms with Gasteiger partial charge in [-0.1, -0.05) is 25.7 Å². The Kier molecular flexibility index (Phi) is 26.9. The molecule has 3 unspecified atom stereocenters. The van der Waals surface area contributed by atoms with Gasteiger partial charge in [0.2, 0.25) is 17.7 Å². The molecule has 5 N–H and O–H groups in total. The number of amides is 4. The van der Waals surface area contributed by atoms with Gasteiger partial charge in [0.15, 0.2) is 6.10 Å². The minimum absolute atomic E-state index is 0.0565. The second-order valence-corrected chi connectivity index (χ2v) is 10.7. The van der Waals surface area contributed by atoms with Crippen LogP contribution in [-0.4, -0.2) is 93.2 Å². The maximum Gasteiger partial charge on any atom is 0.251 e. The van der Waals surface area contributed by atoms with Gasteiger partial charge >= 0.3 is 0 Å². The molecule has 0 radical (unpaired) electrons. The van der Waals surface area contributed by atoms with Gasteiger partial charge in [-0.3, -0.25) is 19.2 Å². The van der Waals surface area contributed by atoms with Crippen molar-refractivity contribution in [3.63, 3.8) is 0 Å². The average Bonchev–Trinajstić information content (AvgIpc) is 2.96. The number of ether oxygens (including phenoxy) is 1. The molecule has 0 bridgehead atoms. The van der Waals surface area contributed by atoms with E-state index in [1.807, 2.05) is 46.0 Å². The van der Waals surface area contributed by atoms with Gasteiger partial charge in [0.25, 0.3) is 5.91 Å². The Hall–Kier alpha value is -1.15. The first-order chi connectivity index (χ1) is 19.8. The lowest BCUT2D eigenvalue weighted by Gasteiger charge is -2.21. The molecule has 0 spiro atoms. The van der Waals surface area contributed by atoms with Crippen LogP contribution in [0.4, 0.5) is 0 Å². The molecular formula is C26H46I2N4O9. The maximum absolute atomic E-state index is 12.8. The van der Waals surface area contributed by atoms with Crippen LogP contribution in [0.1, 0.15) is 77.0 Å². The highest BCUT2D eigenvalue weighted by Gasteiger charge is 2.26. The zero-order chi connectivity index (χ0) is 30.7. The molecule has 0 aliphatic heterocycles. The number of aldehydes is 1. The van der Waals surface area contributed by atoms with Gasteiger partial charge in [0.05, 0.1) is 19.8 Å². The van der Waals surface area contributed by atoms with E-state index in [-0.39, 0.29) is 38.2 Å². The fourth-order valence-electron chi connectivity index (χ4n) is 3.76. The van der Waals surface area contributed by atoms with Crippen LogP contribution in [-0.2, 0) is 34.8 Å². The summed E-state index contributed by atoms with van der Waals surface area (Å²) in [6, 6.07) is -1.98. The van der Waals surface area contributed by atoms with Gasteiger partial charge < -0.3 is 42.0 Å². The summed E-state index contributed by atoms with van der Waals surface area (Å²) in [6.45, 7) is 1.94. The van der Waals surface area contributed by atoms with Crippen molar-refractivity contribution in [2.45, 2.75) is 95.2 Å². The SMILES string of the molecule is COCC(O)C(=O)NC(CCC(=O)NC(CCC=O)C(=O)NCCCCCCOI)C(=O)NCCCCCCOI. The molecule has 41 heavy (non-hydrogen) atoms. The van der Waals surface area contributed by atoms with Gasteiger partial charge in [-0.05, 0) is 38.5 Å². The molecule has 0 aromatic rings. The van der Waals surface area contributed by atoms with E-state index in [1.54, 1.807) is 0 Å². The van der Waals surface area contributed by atoms with E-state index in [2.05, 4.69) is 21.3 Å². The second-order valence-electron chi connectivity index (χ2n) is 9.47. The lowest BCUT2D eigenvalue weighted by molar-refractivity contribution is -0.136. The number of rotatable bonds is 27. The number of aliphatic hydroxyl groups excluding tert-OH is 1. The standard InChI is InChI=1S/C26H46I2N4O9/c1-39-19-22(34)26(38)32-21(25(37)30-15-7-3-5-9-18-41-28)12-13-23(35)31-20(11-10-16-33)24(36)29-14-6-2-4-8-17-40-27/h16,20-22,34H,2-15,17-19H2,1H3,(H,29,36)(H,30,37)(H,31,35)(H,32,38). The Morgan fingerprint density at radius 3 is 1.76 bits per heavy atom. The highest BCUT2D eigenvalue weighted by Crippen LogP contribution is 2.05. The molecule has 0 fully saturated rings. The average molecular weight is 812 g/mol. The first kappa shape index (κ1) is 39.8. The fourth-order valence-corrected chi connectivity index (χ4v) is 4.38. The normalized spacial score (nSPS) is 13.1. The zero-order valence-corrected chi connectivity index (χ0v) is 28.1. The highest BCUT2D eigenvalue weighted by molar-refractivity contribution is 14.1. The lowest BCUT2D eigenvalue weighted by atomic mass is 10.1. The van der Waals surface area contributed by atoms with Crippen LogP contribution in [0.2, 0.25) is 0 Å². The van der Waals surface area contributed by atoms with Crippen molar-refractivity contribution < 1.29 is 39.9 Å². The highest BCUT2D eigenvalue weighted by atomic mass is 127. The van der Waals surface area contributed by atoms with E-state index in [9.17, 15) is 29.1 Å². The third kappa shape index (κ3) is 22.1. The number of aliphatic hydroxyl groups is 1. The summed E-state index contributed by atoms with van der Waals surface area (Å²) in [4.78, 5) is 61.4. The smallest absolute Gasteiger partial charge is 0.251 e. The molecule has 3 atom stereocenters. The van der Waals surface area contributed by atoms with Crippen LogP contribution in [0.15, 0.2) is 0 Å². The number of nitrogens with one attached hydrogen (secondary N) is 4. The number of hydrogen-bond donors (Lipinski definition) is 5. The minimum atomic E-state index is -1.47. The van der Waals surface area contributed by atoms with Crippen molar-refractivity contribution in [2.24, 2.45) is 0 Å². The summed E-state index contributed by atoms with van der Waals surface area (Å²) in [5.74, 6) is -2.16. The molecule has 0 saturated carbocycles. The first-order valence-electron chi connectivity index (χ1n) is 14.0. The van der Waals surface area contributed by atoms with Crippen molar-refractivity contribution in [3.05, 3.63) is 0 Å². The number of carbonyl (C=O) groups is 5. The van der Waals surface area contributed by atoms with Crippen LogP contribution in [0.25, 0.3) is 0 Å². The third-order valence-electron chi connectivity index (χ3n) is 6.04. The molecule has 238 valence electrons. The summed E-state index contributed by atoms with van der Waals surface area (Å²) >= 11 is 3.70. The van der Waals surface area contributed by atoms with Crippen LogP contribution >= 0.6 is 46.0 Å². The third-order valence-corrected chi connectivity index (χ3v) is 6.92. The zero-order valence-electron chi connectivity index (χ0n) is 23.8. The summed E-state index contributed by atoms with van der Waals surface area (Å²) < 4.78 is 14.8.